The molecule has 4 aromatic rings. The molecule has 0 unspecified atom stereocenters. The highest BCUT2D eigenvalue weighted by molar-refractivity contribution is 8.00. The third kappa shape index (κ3) is 4.49. The van der Waals surface area contributed by atoms with Crippen molar-refractivity contribution < 1.29 is 9.26 Å². The van der Waals surface area contributed by atoms with Crippen LogP contribution in [0.25, 0.3) is 11.5 Å². The lowest BCUT2D eigenvalue weighted by molar-refractivity contribution is 0.342. The van der Waals surface area contributed by atoms with E-state index in [1.165, 1.54) is 23.1 Å². The summed E-state index contributed by atoms with van der Waals surface area (Å²) in [6.45, 7) is 2.56. The molecule has 9 heteroatoms. The molecule has 28 heavy (non-hydrogen) atoms. The topological polar surface area (TPSA) is 86.0 Å². The van der Waals surface area contributed by atoms with Gasteiger partial charge in [0.2, 0.25) is 5.13 Å². The summed E-state index contributed by atoms with van der Waals surface area (Å²) < 4.78 is 11.8. The first kappa shape index (κ1) is 18.5. The molecule has 1 N–H and O–H groups in total. The van der Waals surface area contributed by atoms with E-state index >= 15 is 0 Å². The van der Waals surface area contributed by atoms with Crippen LogP contribution in [0.3, 0.4) is 0 Å². The number of hydrogen-bond donors (Lipinski definition) is 1. The molecule has 0 aliphatic rings. The molecule has 7 nitrogen and oxygen atoms in total. The fourth-order valence-corrected chi connectivity index (χ4v) is 4.03. The number of benzene rings is 2. The lowest BCUT2D eigenvalue weighted by Gasteiger charge is -2.09. The number of ether oxygens (including phenoxy) is 1. The molecule has 142 valence electrons. The van der Waals surface area contributed by atoms with Crippen LogP contribution in [0.1, 0.15) is 12.7 Å². The van der Waals surface area contributed by atoms with Crippen LogP contribution >= 0.6 is 23.1 Å². The Morgan fingerprint density at radius 2 is 1.89 bits per heavy atom. The van der Waals surface area contributed by atoms with E-state index in [4.69, 9.17) is 9.26 Å². The van der Waals surface area contributed by atoms with E-state index in [0.717, 1.165) is 21.3 Å². The van der Waals surface area contributed by atoms with Crippen molar-refractivity contribution in [3.05, 3.63) is 60.4 Å². The van der Waals surface area contributed by atoms with Crippen LogP contribution in [0.2, 0.25) is 0 Å². The van der Waals surface area contributed by atoms with Crippen LogP contribution in [0.5, 0.6) is 5.75 Å². The molecule has 0 spiro atoms. The molecule has 0 radical (unpaired) electrons. The zero-order valence-corrected chi connectivity index (χ0v) is 16.7. The summed E-state index contributed by atoms with van der Waals surface area (Å²) in [7, 11) is 0. The maximum atomic E-state index is 5.62. The Kier molecular flexibility index (Phi) is 5.83. The van der Waals surface area contributed by atoms with E-state index in [2.05, 4.69) is 25.7 Å². The van der Waals surface area contributed by atoms with Crippen LogP contribution < -0.4 is 10.1 Å². The largest absolute Gasteiger partial charge is 0.492 e. The average Bonchev–Trinajstić information content (AvgIpc) is 3.38. The minimum Gasteiger partial charge on any atom is -0.492 e. The highest BCUT2D eigenvalue weighted by Gasteiger charge is 2.12. The molecular formula is C19H17N5O2S2. The molecule has 2 aromatic heterocycles. The number of thioether (sulfide) groups is 1. The van der Waals surface area contributed by atoms with E-state index in [-0.39, 0.29) is 0 Å². The molecular weight excluding hydrogens is 394 g/mol. The minimum absolute atomic E-state index is 0.517. The molecule has 0 fully saturated rings. The second-order valence-electron chi connectivity index (χ2n) is 5.60. The van der Waals surface area contributed by atoms with Crippen molar-refractivity contribution in [3.8, 4) is 17.2 Å². The van der Waals surface area contributed by atoms with Gasteiger partial charge in [-0.25, -0.2) is 0 Å². The minimum atomic E-state index is 0.517. The number of nitrogens with zero attached hydrogens (tertiary/aromatic N) is 4. The van der Waals surface area contributed by atoms with Crippen molar-refractivity contribution >= 4 is 33.9 Å². The highest BCUT2D eigenvalue weighted by atomic mass is 32.2. The van der Waals surface area contributed by atoms with Crippen LogP contribution in [-0.4, -0.2) is 26.9 Å². The van der Waals surface area contributed by atoms with Crippen molar-refractivity contribution in [2.24, 2.45) is 0 Å². The van der Waals surface area contributed by atoms with Gasteiger partial charge < -0.3 is 14.6 Å². The molecule has 4 rings (SSSR count). The Morgan fingerprint density at radius 3 is 2.75 bits per heavy atom. The molecule has 2 heterocycles. The molecule has 0 bridgehead atoms. The third-order valence-corrected chi connectivity index (χ3v) is 5.62. The number of hydrogen-bond acceptors (Lipinski definition) is 9. The summed E-state index contributed by atoms with van der Waals surface area (Å²) in [6, 6.07) is 17.5. The van der Waals surface area contributed by atoms with Crippen LogP contribution in [-0.2, 0) is 5.75 Å². The number of nitrogens with one attached hydrogen (secondary N) is 1. The van der Waals surface area contributed by atoms with E-state index in [1.54, 1.807) is 0 Å². The molecule has 2 aromatic carbocycles. The number of para-hydroxylation sites is 2. The van der Waals surface area contributed by atoms with Gasteiger partial charge in [-0.3, -0.25) is 0 Å². The van der Waals surface area contributed by atoms with E-state index in [9.17, 15) is 0 Å². The maximum Gasteiger partial charge on any atom is 0.257 e. The first-order chi connectivity index (χ1) is 13.8. The zero-order chi connectivity index (χ0) is 19.2. The van der Waals surface area contributed by atoms with Crippen LogP contribution in [0.15, 0.2) is 63.5 Å². The Balaban J connectivity index is 1.37. The molecule has 0 saturated carbocycles. The Hall–Kier alpha value is -2.91. The number of aromatic nitrogens is 4. The maximum absolute atomic E-state index is 5.62. The van der Waals surface area contributed by atoms with Gasteiger partial charge in [0.05, 0.1) is 18.0 Å². The van der Waals surface area contributed by atoms with E-state index in [1.807, 2.05) is 61.5 Å². The molecule has 0 atom stereocenters. The van der Waals surface area contributed by atoms with Crippen molar-refractivity contribution in [1.29, 1.82) is 0 Å². The fourth-order valence-electron chi connectivity index (χ4n) is 2.42. The SMILES string of the molecule is CCOc1ccccc1Nc1nnc(SCc2noc(-c3ccccc3)n2)s1. The second-order valence-corrected chi connectivity index (χ2v) is 7.80. The van der Waals surface area contributed by atoms with Gasteiger partial charge in [-0.05, 0) is 31.2 Å². The average molecular weight is 412 g/mol. The van der Waals surface area contributed by atoms with Gasteiger partial charge >= 0.3 is 0 Å². The molecule has 0 amide bonds. The van der Waals surface area contributed by atoms with Gasteiger partial charge in [0.15, 0.2) is 10.2 Å². The molecule has 0 saturated heterocycles. The Bertz CT molecular complexity index is 1040. The predicted octanol–water partition coefficient (Wildman–Crippen LogP) is 5.02. The van der Waals surface area contributed by atoms with E-state index in [0.29, 0.717) is 29.2 Å². The first-order valence-electron chi connectivity index (χ1n) is 8.65. The summed E-state index contributed by atoms with van der Waals surface area (Å²) in [5.74, 6) is 2.48. The van der Waals surface area contributed by atoms with Crippen molar-refractivity contribution in [2.75, 3.05) is 11.9 Å². The summed E-state index contributed by atoms with van der Waals surface area (Å²) in [6.07, 6.45) is 0. The lowest BCUT2D eigenvalue weighted by Crippen LogP contribution is -1.97. The summed E-state index contributed by atoms with van der Waals surface area (Å²) in [5.41, 5.74) is 1.77. The Labute approximate surface area is 170 Å². The van der Waals surface area contributed by atoms with Crippen molar-refractivity contribution in [1.82, 2.24) is 20.3 Å². The highest BCUT2D eigenvalue weighted by Crippen LogP contribution is 2.32. The van der Waals surface area contributed by atoms with Crippen molar-refractivity contribution in [3.63, 3.8) is 0 Å². The number of rotatable bonds is 8. The zero-order valence-electron chi connectivity index (χ0n) is 15.0. The Morgan fingerprint density at radius 1 is 1.07 bits per heavy atom. The lowest BCUT2D eigenvalue weighted by atomic mass is 10.2. The molecule has 0 aliphatic carbocycles. The van der Waals surface area contributed by atoms with Crippen LogP contribution in [0, 0.1) is 0 Å². The normalized spacial score (nSPS) is 10.8. The third-order valence-electron chi connectivity index (χ3n) is 3.65. The van der Waals surface area contributed by atoms with Gasteiger partial charge in [-0.15, -0.1) is 10.2 Å². The van der Waals surface area contributed by atoms with Gasteiger partial charge in [-0.1, -0.05) is 58.6 Å². The fraction of sp³-hybridized carbons (Fsp3) is 0.158. The van der Waals surface area contributed by atoms with Gasteiger partial charge in [-0.2, -0.15) is 4.98 Å². The number of anilines is 2. The van der Waals surface area contributed by atoms with Crippen molar-refractivity contribution in [2.45, 2.75) is 17.0 Å². The van der Waals surface area contributed by atoms with E-state index < -0.39 is 0 Å². The van der Waals surface area contributed by atoms with Gasteiger partial charge in [0, 0.05) is 5.56 Å². The molecule has 0 aliphatic heterocycles. The standard InChI is InChI=1S/C19H17N5O2S2/c1-2-25-15-11-7-6-10-14(15)20-18-22-23-19(28-18)27-12-16-21-17(26-24-16)13-8-4-3-5-9-13/h3-11H,2,12H2,1H3,(H,20,22). The smallest absolute Gasteiger partial charge is 0.257 e. The second kappa shape index (κ2) is 8.85. The van der Waals surface area contributed by atoms with Gasteiger partial charge in [0.1, 0.15) is 5.75 Å². The summed E-state index contributed by atoms with van der Waals surface area (Å²) >= 11 is 2.98. The summed E-state index contributed by atoms with van der Waals surface area (Å²) in [4.78, 5) is 4.43. The first-order valence-corrected chi connectivity index (χ1v) is 10.4. The van der Waals surface area contributed by atoms with Gasteiger partial charge in [0.25, 0.3) is 5.89 Å². The predicted molar refractivity (Wildman–Crippen MR) is 110 cm³/mol. The quantitative estimate of drug-likeness (QED) is 0.404. The van der Waals surface area contributed by atoms with Crippen LogP contribution in [0.4, 0.5) is 10.8 Å². The monoisotopic (exact) mass is 411 g/mol. The summed E-state index contributed by atoms with van der Waals surface area (Å²) in [5, 5.41) is 16.4.